The van der Waals surface area contributed by atoms with E-state index in [0.717, 1.165) is 5.58 Å². The summed E-state index contributed by atoms with van der Waals surface area (Å²) in [5.74, 6) is 0. The molecule has 2 heteroatoms. The first-order valence-electron chi connectivity index (χ1n) is 3.42. The van der Waals surface area contributed by atoms with Crippen molar-refractivity contribution >= 4 is 22.7 Å². The van der Waals surface area contributed by atoms with Gasteiger partial charge in [-0.25, -0.2) is 0 Å². The highest BCUT2D eigenvalue weighted by atomic mass is 32.2. The molecular weight excluding hydrogens is 156 g/mol. The Balaban J connectivity index is 2.79. The average molecular weight is 164 g/mol. The molecule has 0 N–H and O–H groups in total. The van der Waals surface area contributed by atoms with Crippen LogP contribution >= 0.6 is 11.8 Å². The molecular formula is C9H8OS. The molecule has 0 saturated heterocycles. The molecule has 0 spiro atoms. The van der Waals surface area contributed by atoms with E-state index in [9.17, 15) is 0 Å². The topological polar surface area (TPSA) is 13.1 Å². The number of hydrogen-bond acceptors (Lipinski definition) is 2. The molecule has 0 unspecified atom stereocenters. The van der Waals surface area contributed by atoms with Crippen LogP contribution in [-0.4, -0.2) is 6.26 Å². The highest BCUT2D eigenvalue weighted by Crippen LogP contribution is 2.26. The fourth-order valence-corrected chi connectivity index (χ4v) is 1.75. The standard InChI is InChI=1S/C9H8OS/c1-11-9-4-2-3-8-7(9)5-6-10-8/h2-6H,1H3. The number of hydrogen-bond donors (Lipinski definition) is 0. The quantitative estimate of drug-likeness (QED) is 0.600. The van der Waals surface area contributed by atoms with E-state index < -0.39 is 0 Å². The van der Waals surface area contributed by atoms with Crippen LogP contribution in [0.5, 0.6) is 0 Å². The maximum atomic E-state index is 5.25. The lowest BCUT2D eigenvalue weighted by atomic mass is 10.3. The van der Waals surface area contributed by atoms with Crippen LogP contribution in [0.1, 0.15) is 0 Å². The molecule has 1 nitrogen and oxygen atoms in total. The predicted octanol–water partition coefficient (Wildman–Crippen LogP) is 3.15. The lowest BCUT2D eigenvalue weighted by Crippen LogP contribution is -1.69. The zero-order chi connectivity index (χ0) is 7.68. The minimum atomic E-state index is 0.969. The van der Waals surface area contributed by atoms with Gasteiger partial charge in [0.2, 0.25) is 0 Å². The highest BCUT2D eigenvalue weighted by Gasteiger charge is 1.99. The van der Waals surface area contributed by atoms with Gasteiger partial charge in [-0.2, -0.15) is 0 Å². The molecule has 56 valence electrons. The highest BCUT2D eigenvalue weighted by molar-refractivity contribution is 7.98. The Morgan fingerprint density at radius 3 is 3.00 bits per heavy atom. The van der Waals surface area contributed by atoms with Crippen molar-refractivity contribution in [3.63, 3.8) is 0 Å². The Morgan fingerprint density at radius 2 is 2.18 bits per heavy atom. The monoisotopic (exact) mass is 164 g/mol. The fourth-order valence-electron chi connectivity index (χ4n) is 1.14. The SMILES string of the molecule is CSc1cccc2occc12. The zero-order valence-corrected chi connectivity index (χ0v) is 7.02. The molecule has 1 heterocycles. The third-order valence-corrected chi connectivity index (χ3v) is 2.47. The molecule has 0 radical (unpaired) electrons. The number of benzene rings is 1. The molecule has 1 aromatic carbocycles. The van der Waals surface area contributed by atoms with E-state index in [1.807, 2.05) is 18.2 Å². The van der Waals surface area contributed by atoms with Crippen LogP contribution in [0.25, 0.3) is 11.0 Å². The molecule has 2 aromatic rings. The molecule has 2 rings (SSSR count). The van der Waals surface area contributed by atoms with Gasteiger partial charge < -0.3 is 4.42 Å². The van der Waals surface area contributed by atoms with Crippen molar-refractivity contribution in [2.45, 2.75) is 4.90 Å². The van der Waals surface area contributed by atoms with Gasteiger partial charge in [0.05, 0.1) is 6.26 Å². The third-order valence-electron chi connectivity index (χ3n) is 1.68. The van der Waals surface area contributed by atoms with Crippen LogP contribution in [0.15, 0.2) is 39.8 Å². The van der Waals surface area contributed by atoms with Gasteiger partial charge in [-0.1, -0.05) is 6.07 Å². The number of thioether (sulfide) groups is 1. The van der Waals surface area contributed by atoms with Crippen molar-refractivity contribution in [1.29, 1.82) is 0 Å². The first-order valence-corrected chi connectivity index (χ1v) is 4.64. The molecule has 0 fully saturated rings. The zero-order valence-electron chi connectivity index (χ0n) is 6.20. The fraction of sp³-hybridized carbons (Fsp3) is 0.111. The molecule has 0 aliphatic heterocycles. The summed E-state index contributed by atoms with van der Waals surface area (Å²) in [7, 11) is 0. The van der Waals surface area contributed by atoms with Gasteiger partial charge in [0.25, 0.3) is 0 Å². The van der Waals surface area contributed by atoms with Crippen molar-refractivity contribution in [3.8, 4) is 0 Å². The Morgan fingerprint density at radius 1 is 1.27 bits per heavy atom. The normalized spacial score (nSPS) is 10.6. The number of fused-ring (bicyclic) bond motifs is 1. The Labute approximate surface area is 69.4 Å². The third kappa shape index (κ3) is 1.03. The van der Waals surface area contributed by atoms with E-state index in [-0.39, 0.29) is 0 Å². The summed E-state index contributed by atoms with van der Waals surface area (Å²) < 4.78 is 5.25. The second-order valence-corrected chi connectivity index (χ2v) is 3.14. The maximum absolute atomic E-state index is 5.25. The van der Waals surface area contributed by atoms with E-state index in [0.29, 0.717) is 0 Å². The van der Waals surface area contributed by atoms with Gasteiger partial charge in [0.1, 0.15) is 5.58 Å². The van der Waals surface area contributed by atoms with Crippen LogP contribution in [0.4, 0.5) is 0 Å². The Bertz CT molecular complexity index is 364. The van der Waals surface area contributed by atoms with E-state index >= 15 is 0 Å². The first-order chi connectivity index (χ1) is 5.42. The van der Waals surface area contributed by atoms with Crippen molar-refractivity contribution in [2.24, 2.45) is 0 Å². The van der Waals surface area contributed by atoms with Gasteiger partial charge in [-0.15, -0.1) is 11.8 Å². The lowest BCUT2D eigenvalue weighted by Gasteiger charge is -1.95. The Hall–Kier alpha value is -0.890. The largest absolute Gasteiger partial charge is 0.464 e. The van der Waals surface area contributed by atoms with Gasteiger partial charge in [0, 0.05) is 10.3 Å². The molecule has 0 atom stereocenters. The molecule has 0 aliphatic carbocycles. The van der Waals surface area contributed by atoms with Crippen molar-refractivity contribution in [1.82, 2.24) is 0 Å². The molecule has 0 saturated carbocycles. The van der Waals surface area contributed by atoms with Crippen LogP contribution in [0.3, 0.4) is 0 Å². The first kappa shape index (κ1) is 6.80. The second kappa shape index (κ2) is 2.62. The van der Waals surface area contributed by atoms with Gasteiger partial charge >= 0.3 is 0 Å². The van der Waals surface area contributed by atoms with Gasteiger partial charge in [-0.05, 0) is 24.5 Å². The van der Waals surface area contributed by atoms with Gasteiger partial charge in [0.15, 0.2) is 0 Å². The summed E-state index contributed by atoms with van der Waals surface area (Å²) in [5, 5.41) is 1.21. The summed E-state index contributed by atoms with van der Waals surface area (Å²) >= 11 is 1.74. The average Bonchev–Trinajstić information content (AvgIpc) is 2.50. The van der Waals surface area contributed by atoms with E-state index in [4.69, 9.17) is 4.42 Å². The van der Waals surface area contributed by atoms with Crippen LogP contribution < -0.4 is 0 Å². The molecule has 0 bridgehead atoms. The van der Waals surface area contributed by atoms with Crippen molar-refractivity contribution in [2.75, 3.05) is 6.26 Å². The van der Waals surface area contributed by atoms with Crippen LogP contribution in [-0.2, 0) is 0 Å². The number of furan rings is 1. The summed E-state index contributed by atoms with van der Waals surface area (Å²) in [6, 6.07) is 8.09. The van der Waals surface area contributed by atoms with E-state index in [1.165, 1.54) is 10.3 Å². The predicted molar refractivity (Wildman–Crippen MR) is 48.0 cm³/mol. The summed E-state index contributed by atoms with van der Waals surface area (Å²) in [6.07, 6.45) is 3.80. The molecule has 0 aliphatic rings. The molecule has 11 heavy (non-hydrogen) atoms. The van der Waals surface area contributed by atoms with E-state index in [1.54, 1.807) is 18.0 Å². The smallest absolute Gasteiger partial charge is 0.134 e. The maximum Gasteiger partial charge on any atom is 0.134 e. The van der Waals surface area contributed by atoms with Crippen molar-refractivity contribution < 1.29 is 4.42 Å². The summed E-state index contributed by atoms with van der Waals surface area (Å²) in [6.45, 7) is 0. The van der Waals surface area contributed by atoms with E-state index in [2.05, 4.69) is 12.3 Å². The van der Waals surface area contributed by atoms with Crippen molar-refractivity contribution in [3.05, 3.63) is 30.5 Å². The number of rotatable bonds is 1. The minimum Gasteiger partial charge on any atom is -0.464 e. The second-order valence-electron chi connectivity index (χ2n) is 2.29. The summed E-state index contributed by atoms with van der Waals surface area (Å²) in [4.78, 5) is 1.27. The molecule has 1 aromatic heterocycles. The lowest BCUT2D eigenvalue weighted by molar-refractivity contribution is 0.615. The van der Waals surface area contributed by atoms with Crippen LogP contribution in [0, 0.1) is 0 Å². The Kier molecular flexibility index (Phi) is 1.62. The summed E-state index contributed by atoms with van der Waals surface area (Å²) in [5.41, 5.74) is 0.969. The minimum absolute atomic E-state index is 0.969. The van der Waals surface area contributed by atoms with Crippen LogP contribution in [0.2, 0.25) is 0 Å². The van der Waals surface area contributed by atoms with Gasteiger partial charge in [-0.3, -0.25) is 0 Å². The molecule has 0 amide bonds.